The molecule has 1 unspecified atom stereocenters. The van der Waals surface area contributed by atoms with Crippen molar-refractivity contribution < 1.29 is 9.84 Å². The Labute approximate surface area is 98.4 Å². The van der Waals surface area contributed by atoms with Gasteiger partial charge in [0.25, 0.3) is 0 Å². The highest BCUT2D eigenvalue weighted by molar-refractivity contribution is 9.10. The molecule has 0 saturated carbocycles. The first-order chi connectivity index (χ1) is 7.11. The predicted octanol–water partition coefficient (Wildman–Crippen LogP) is 2.62. The van der Waals surface area contributed by atoms with Crippen LogP contribution >= 0.6 is 15.9 Å². The molecule has 84 valence electrons. The largest absolute Gasteiger partial charge is 0.503 e. The summed E-state index contributed by atoms with van der Waals surface area (Å²) in [5, 5.41) is 9.79. The van der Waals surface area contributed by atoms with E-state index in [2.05, 4.69) is 22.9 Å². The summed E-state index contributed by atoms with van der Waals surface area (Å²) in [6, 6.07) is 3.71. The van der Waals surface area contributed by atoms with Crippen LogP contribution in [0.1, 0.15) is 24.8 Å². The number of halogens is 1. The third-order valence-electron chi connectivity index (χ3n) is 2.46. The lowest BCUT2D eigenvalue weighted by molar-refractivity contribution is 0.371. The van der Waals surface area contributed by atoms with E-state index in [9.17, 15) is 5.11 Å². The molecule has 0 aromatic heterocycles. The van der Waals surface area contributed by atoms with E-state index < -0.39 is 0 Å². The van der Waals surface area contributed by atoms with E-state index in [4.69, 9.17) is 10.5 Å². The second-order valence-corrected chi connectivity index (χ2v) is 4.29. The Bertz CT molecular complexity index is 342. The fourth-order valence-electron chi connectivity index (χ4n) is 1.51. The molecule has 0 spiro atoms. The Morgan fingerprint density at radius 1 is 1.53 bits per heavy atom. The molecule has 4 heteroatoms. The van der Waals surface area contributed by atoms with Gasteiger partial charge in [-0.1, -0.05) is 13.0 Å². The Morgan fingerprint density at radius 2 is 2.20 bits per heavy atom. The van der Waals surface area contributed by atoms with E-state index in [-0.39, 0.29) is 5.75 Å². The molecule has 0 fully saturated rings. The van der Waals surface area contributed by atoms with Crippen LogP contribution < -0.4 is 10.5 Å². The van der Waals surface area contributed by atoms with E-state index in [1.54, 1.807) is 6.07 Å². The standard InChI is InChI=1S/C11H16BrNO2/c1-7(5-6-13)8-3-4-9(15-2)11(14)10(8)12/h3-4,7,14H,5-6,13H2,1-2H3. The van der Waals surface area contributed by atoms with Crippen LogP contribution in [0.2, 0.25) is 0 Å². The molecule has 3 N–H and O–H groups in total. The molecule has 15 heavy (non-hydrogen) atoms. The van der Waals surface area contributed by atoms with E-state index >= 15 is 0 Å². The highest BCUT2D eigenvalue weighted by Crippen LogP contribution is 2.39. The van der Waals surface area contributed by atoms with Crippen molar-refractivity contribution in [2.45, 2.75) is 19.3 Å². The molecule has 0 aliphatic heterocycles. The molecule has 0 aliphatic carbocycles. The summed E-state index contributed by atoms with van der Waals surface area (Å²) >= 11 is 3.37. The molecule has 0 radical (unpaired) electrons. The van der Waals surface area contributed by atoms with Crippen molar-refractivity contribution in [3.63, 3.8) is 0 Å². The maximum absolute atomic E-state index is 9.79. The van der Waals surface area contributed by atoms with Crippen molar-refractivity contribution >= 4 is 15.9 Å². The van der Waals surface area contributed by atoms with Crippen molar-refractivity contribution in [2.75, 3.05) is 13.7 Å². The summed E-state index contributed by atoms with van der Waals surface area (Å²) in [6.07, 6.45) is 0.893. The number of ether oxygens (including phenoxy) is 1. The smallest absolute Gasteiger partial charge is 0.172 e. The monoisotopic (exact) mass is 273 g/mol. The van der Waals surface area contributed by atoms with Crippen molar-refractivity contribution in [2.24, 2.45) is 5.73 Å². The number of nitrogens with two attached hydrogens (primary N) is 1. The number of phenolic OH excluding ortho intramolecular Hbond substituents is 1. The number of phenols is 1. The lowest BCUT2D eigenvalue weighted by Crippen LogP contribution is -2.05. The van der Waals surface area contributed by atoms with Gasteiger partial charge < -0.3 is 15.6 Å². The van der Waals surface area contributed by atoms with Crippen LogP contribution in [-0.2, 0) is 0 Å². The molecule has 0 bridgehead atoms. The molecule has 0 saturated heterocycles. The minimum atomic E-state index is 0.152. The molecule has 1 rings (SSSR count). The minimum Gasteiger partial charge on any atom is -0.503 e. The van der Waals surface area contributed by atoms with Gasteiger partial charge in [-0.25, -0.2) is 0 Å². The Hall–Kier alpha value is -0.740. The van der Waals surface area contributed by atoms with Gasteiger partial charge in [0.15, 0.2) is 11.5 Å². The molecule has 0 heterocycles. The maximum atomic E-state index is 9.79. The third kappa shape index (κ3) is 2.63. The summed E-state index contributed by atoms with van der Waals surface area (Å²) in [4.78, 5) is 0. The van der Waals surface area contributed by atoms with Crippen molar-refractivity contribution in [3.8, 4) is 11.5 Å². The van der Waals surface area contributed by atoms with Gasteiger partial charge in [0.05, 0.1) is 11.6 Å². The van der Waals surface area contributed by atoms with Crippen LogP contribution in [0.5, 0.6) is 11.5 Å². The molecule has 3 nitrogen and oxygen atoms in total. The molecule has 1 aromatic rings. The average Bonchev–Trinajstić information content (AvgIpc) is 2.22. The fourth-order valence-corrected chi connectivity index (χ4v) is 2.23. The zero-order valence-electron chi connectivity index (χ0n) is 8.96. The zero-order valence-corrected chi connectivity index (χ0v) is 10.5. The first kappa shape index (κ1) is 12.3. The topological polar surface area (TPSA) is 55.5 Å². The molecule has 0 aliphatic rings. The normalized spacial score (nSPS) is 12.5. The molecule has 1 atom stereocenters. The van der Waals surface area contributed by atoms with E-state index in [0.717, 1.165) is 12.0 Å². The van der Waals surface area contributed by atoms with Crippen molar-refractivity contribution in [3.05, 3.63) is 22.2 Å². The summed E-state index contributed by atoms with van der Waals surface area (Å²) < 4.78 is 5.71. The van der Waals surface area contributed by atoms with Gasteiger partial charge in [-0.3, -0.25) is 0 Å². The lowest BCUT2D eigenvalue weighted by Gasteiger charge is -2.15. The van der Waals surface area contributed by atoms with Crippen LogP contribution in [0.15, 0.2) is 16.6 Å². The average molecular weight is 274 g/mol. The van der Waals surface area contributed by atoms with Gasteiger partial charge in [-0.15, -0.1) is 0 Å². The number of hydrogen-bond acceptors (Lipinski definition) is 3. The van der Waals surface area contributed by atoms with Gasteiger partial charge in [0.2, 0.25) is 0 Å². The highest BCUT2D eigenvalue weighted by atomic mass is 79.9. The predicted molar refractivity (Wildman–Crippen MR) is 64.4 cm³/mol. The number of aromatic hydroxyl groups is 1. The van der Waals surface area contributed by atoms with Gasteiger partial charge >= 0.3 is 0 Å². The highest BCUT2D eigenvalue weighted by Gasteiger charge is 2.14. The fraction of sp³-hybridized carbons (Fsp3) is 0.455. The van der Waals surface area contributed by atoms with Gasteiger partial charge in [-0.2, -0.15) is 0 Å². The van der Waals surface area contributed by atoms with E-state index in [1.165, 1.54) is 7.11 Å². The van der Waals surface area contributed by atoms with Crippen LogP contribution in [0.3, 0.4) is 0 Å². The summed E-state index contributed by atoms with van der Waals surface area (Å²) in [7, 11) is 1.53. The Morgan fingerprint density at radius 3 is 2.73 bits per heavy atom. The maximum Gasteiger partial charge on any atom is 0.172 e. The van der Waals surface area contributed by atoms with E-state index in [0.29, 0.717) is 22.7 Å². The first-order valence-electron chi connectivity index (χ1n) is 4.87. The second kappa shape index (κ2) is 5.37. The third-order valence-corrected chi connectivity index (χ3v) is 3.29. The van der Waals surface area contributed by atoms with Crippen LogP contribution in [0.25, 0.3) is 0 Å². The number of hydrogen-bond donors (Lipinski definition) is 2. The van der Waals surface area contributed by atoms with Crippen LogP contribution in [-0.4, -0.2) is 18.8 Å². The van der Waals surface area contributed by atoms with Crippen LogP contribution in [0.4, 0.5) is 0 Å². The molecule has 1 aromatic carbocycles. The van der Waals surface area contributed by atoms with Crippen molar-refractivity contribution in [1.29, 1.82) is 0 Å². The summed E-state index contributed by atoms with van der Waals surface area (Å²) in [5.41, 5.74) is 6.56. The van der Waals surface area contributed by atoms with Gasteiger partial charge in [-0.05, 0) is 46.4 Å². The zero-order chi connectivity index (χ0) is 11.4. The Kier molecular flexibility index (Phi) is 4.42. The van der Waals surface area contributed by atoms with Gasteiger partial charge in [0.1, 0.15) is 0 Å². The number of benzene rings is 1. The SMILES string of the molecule is COc1ccc(C(C)CCN)c(Br)c1O. The van der Waals surface area contributed by atoms with Gasteiger partial charge in [0, 0.05) is 0 Å². The molecule has 0 amide bonds. The van der Waals surface area contributed by atoms with Crippen LogP contribution in [0, 0.1) is 0 Å². The Balaban J connectivity index is 3.06. The molecular weight excluding hydrogens is 258 g/mol. The minimum absolute atomic E-state index is 0.152. The first-order valence-corrected chi connectivity index (χ1v) is 5.66. The number of methoxy groups -OCH3 is 1. The van der Waals surface area contributed by atoms with Crippen molar-refractivity contribution in [1.82, 2.24) is 0 Å². The molecular formula is C11H16BrNO2. The number of rotatable bonds is 4. The quantitative estimate of drug-likeness (QED) is 0.887. The van der Waals surface area contributed by atoms with E-state index in [1.807, 2.05) is 6.07 Å². The summed E-state index contributed by atoms with van der Waals surface area (Å²) in [5.74, 6) is 0.950. The lowest BCUT2D eigenvalue weighted by atomic mass is 9.97. The second-order valence-electron chi connectivity index (χ2n) is 3.50. The summed E-state index contributed by atoms with van der Waals surface area (Å²) in [6.45, 7) is 2.72.